The Hall–Kier alpha value is -2.37. The minimum Gasteiger partial charge on any atom is -0.379 e. The molecular weight excluding hydrogens is 467 g/mol. The maximum absolute atomic E-state index is 12.9. The number of nitrogens with zero attached hydrogens (tertiary/aromatic N) is 1. The summed E-state index contributed by atoms with van der Waals surface area (Å²) in [5, 5.41) is 5.80. The molecule has 31 heavy (non-hydrogen) atoms. The van der Waals surface area contributed by atoms with E-state index in [1.54, 1.807) is 6.07 Å². The summed E-state index contributed by atoms with van der Waals surface area (Å²) in [6, 6.07) is 8.69. The van der Waals surface area contributed by atoms with Gasteiger partial charge in [0.25, 0.3) is 5.91 Å². The maximum atomic E-state index is 12.9. The molecule has 0 saturated carbocycles. The highest BCUT2D eigenvalue weighted by Gasteiger charge is 2.28. The van der Waals surface area contributed by atoms with Crippen molar-refractivity contribution in [1.82, 2.24) is 4.31 Å². The minimum atomic E-state index is -3.83. The molecule has 0 atom stereocenters. The van der Waals surface area contributed by atoms with Gasteiger partial charge < -0.3 is 21.1 Å². The van der Waals surface area contributed by atoms with Crippen molar-refractivity contribution in [2.45, 2.75) is 4.90 Å². The molecule has 1 heterocycles. The van der Waals surface area contributed by atoms with Gasteiger partial charge in [0, 0.05) is 29.5 Å². The van der Waals surface area contributed by atoms with Crippen molar-refractivity contribution < 1.29 is 22.7 Å². The molecule has 0 radical (unpaired) electrons. The molecule has 0 aromatic heterocycles. The average molecular weight is 487 g/mol. The average Bonchev–Trinajstić information content (AvgIpc) is 2.74. The van der Waals surface area contributed by atoms with Crippen molar-refractivity contribution in [3.05, 3.63) is 52.0 Å². The third-order valence-electron chi connectivity index (χ3n) is 4.49. The Kier molecular flexibility index (Phi) is 7.39. The Morgan fingerprint density at radius 1 is 1.10 bits per heavy atom. The number of anilines is 2. The smallest absolute Gasteiger partial charge is 0.250 e. The van der Waals surface area contributed by atoms with Gasteiger partial charge in [0.1, 0.15) is 4.90 Å². The van der Waals surface area contributed by atoms with Crippen LogP contribution in [0.25, 0.3) is 0 Å². The number of morpholine rings is 1. The second-order valence-corrected chi connectivity index (χ2v) is 9.37. The van der Waals surface area contributed by atoms with Crippen LogP contribution in [-0.4, -0.2) is 57.4 Å². The van der Waals surface area contributed by atoms with Crippen LogP contribution in [0.5, 0.6) is 0 Å². The molecule has 166 valence electrons. The number of primary amides is 1. The molecule has 2 aromatic rings. The van der Waals surface area contributed by atoms with Crippen LogP contribution >= 0.6 is 23.2 Å². The van der Waals surface area contributed by atoms with E-state index < -0.39 is 21.8 Å². The number of carbonyl (C=O) groups is 2. The van der Waals surface area contributed by atoms with E-state index in [0.717, 1.165) is 0 Å². The highest BCUT2D eigenvalue weighted by Crippen LogP contribution is 2.28. The topological polar surface area (TPSA) is 131 Å². The lowest BCUT2D eigenvalue weighted by Crippen LogP contribution is -2.40. The van der Waals surface area contributed by atoms with E-state index in [4.69, 9.17) is 33.7 Å². The molecule has 1 saturated heterocycles. The van der Waals surface area contributed by atoms with Gasteiger partial charge in [0.15, 0.2) is 0 Å². The van der Waals surface area contributed by atoms with Gasteiger partial charge in [0.05, 0.1) is 30.3 Å². The Bertz CT molecular complexity index is 1100. The van der Waals surface area contributed by atoms with Crippen LogP contribution in [0.4, 0.5) is 11.4 Å². The van der Waals surface area contributed by atoms with Gasteiger partial charge in [0.2, 0.25) is 15.9 Å². The molecule has 3 rings (SSSR count). The lowest BCUT2D eigenvalue weighted by atomic mass is 10.1. The SMILES string of the molecule is NC(=O)c1cc(Cl)ccc1NCC(=O)Nc1ccc(Cl)c(S(=O)(=O)N2CCOCC2)c1. The summed E-state index contributed by atoms with van der Waals surface area (Å²) < 4.78 is 32.3. The number of halogens is 2. The fourth-order valence-corrected chi connectivity index (χ4v) is 5.04. The van der Waals surface area contributed by atoms with E-state index in [0.29, 0.717) is 23.9 Å². The lowest BCUT2D eigenvalue weighted by molar-refractivity contribution is -0.114. The van der Waals surface area contributed by atoms with E-state index in [9.17, 15) is 18.0 Å². The van der Waals surface area contributed by atoms with Crippen molar-refractivity contribution in [3.63, 3.8) is 0 Å². The second-order valence-electron chi connectivity index (χ2n) is 6.62. The second kappa shape index (κ2) is 9.84. The molecule has 0 unspecified atom stereocenters. The first-order valence-electron chi connectivity index (χ1n) is 9.19. The highest BCUT2D eigenvalue weighted by molar-refractivity contribution is 7.89. The van der Waals surface area contributed by atoms with Crippen molar-refractivity contribution in [3.8, 4) is 0 Å². The zero-order chi connectivity index (χ0) is 22.6. The summed E-state index contributed by atoms with van der Waals surface area (Å²) >= 11 is 12.0. The van der Waals surface area contributed by atoms with E-state index in [2.05, 4.69) is 10.6 Å². The van der Waals surface area contributed by atoms with Gasteiger partial charge in [-0.2, -0.15) is 4.31 Å². The number of sulfonamides is 1. The van der Waals surface area contributed by atoms with Gasteiger partial charge in [-0.1, -0.05) is 23.2 Å². The van der Waals surface area contributed by atoms with Crippen LogP contribution in [0.3, 0.4) is 0 Å². The minimum absolute atomic E-state index is 0.0508. The summed E-state index contributed by atoms with van der Waals surface area (Å²) in [6.45, 7) is 0.856. The molecule has 2 aromatic carbocycles. The van der Waals surface area contributed by atoms with Gasteiger partial charge >= 0.3 is 0 Å². The predicted octanol–water partition coefficient (Wildman–Crippen LogP) is 2.16. The number of amides is 2. The van der Waals surface area contributed by atoms with Gasteiger partial charge in [-0.3, -0.25) is 9.59 Å². The predicted molar refractivity (Wildman–Crippen MR) is 118 cm³/mol. The molecular formula is C19H20Cl2N4O5S. The Labute approximate surface area is 189 Å². The molecule has 0 spiro atoms. The van der Waals surface area contributed by atoms with Crippen LogP contribution in [0.15, 0.2) is 41.3 Å². The van der Waals surface area contributed by atoms with Gasteiger partial charge in [-0.25, -0.2) is 8.42 Å². The van der Waals surface area contributed by atoms with E-state index >= 15 is 0 Å². The van der Waals surface area contributed by atoms with Gasteiger partial charge in [-0.15, -0.1) is 0 Å². The third kappa shape index (κ3) is 5.66. The van der Waals surface area contributed by atoms with Crippen molar-refractivity contribution in [2.75, 3.05) is 43.5 Å². The van der Waals surface area contributed by atoms with Crippen molar-refractivity contribution in [1.29, 1.82) is 0 Å². The van der Waals surface area contributed by atoms with Crippen LogP contribution in [0.1, 0.15) is 10.4 Å². The first-order chi connectivity index (χ1) is 14.7. The molecule has 1 fully saturated rings. The Morgan fingerprint density at radius 2 is 1.81 bits per heavy atom. The molecule has 0 bridgehead atoms. The standard InChI is InChI=1S/C19H20Cl2N4O5S/c20-12-1-4-16(14(9-12)19(22)27)23-11-18(26)24-13-2-3-15(21)17(10-13)31(28,29)25-5-7-30-8-6-25/h1-4,9-10,23H,5-8,11H2,(H2,22,27)(H,24,26). The molecule has 1 aliphatic heterocycles. The molecule has 1 aliphatic rings. The van der Waals surface area contributed by atoms with Crippen LogP contribution in [-0.2, 0) is 19.6 Å². The number of benzene rings is 2. The first kappa shape index (κ1) is 23.3. The highest BCUT2D eigenvalue weighted by atomic mass is 35.5. The maximum Gasteiger partial charge on any atom is 0.250 e. The summed E-state index contributed by atoms with van der Waals surface area (Å²) in [4.78, 5) is 23.8. The third-order valence-corrected chi connectivity index (χ3v) is 7.10. The normalized spacial score (nSPS) is 14.8. The number of rotatable bonds is 7. The van der Waals surface area contributed by atoms with E-state index in [1.807, 2.05) is 0 Å². The number of hydrogen-bond acceptors (Lipinski definition) is 6. The van der Waals surface area contributed by atoms with Crippen LogP contribution < -0.4 is 16.4 Å². The van der Waals surface area contributed by atoms with Crippen LogP contribution in [0.2, 0.25) is 10.0 Å². The first-order valence-corrected chi connectivity index (χ1v) is 11.4. The largest absolute Gasteiger partial charge is 0.379 e. The number of carbonyl (C=O) groups excluding carboxylic acids is 2. The number of nitrogens with one attached hydrogen (secondary N) is 2. The lowest BCUT2D eigenvalue weighted by Gasteiger charge is -2.26. The molecule has 9 nitrogen and oxygen atoms in total. The van der Waals surface area contributed by atoms with Crippen LogP contribution in [0, 0.1) is 0 Å². The summed E-state index contributed by atoms with van der Waals surface area (Å²) in [6.07, 6.45) is 0. The van der Waals surface area contributed by atoms with E-state index in [-0.39, 0.29) is 40.8 Å². The Morgan fingerprint density at radius 3 is 2.48 bits per heavy atom. The zero-order valence-corrected chi connectivity index (χ0v) is 18.6. The van der Waals surface area contributed by atoms with Gasteiger partial charge in [-0.05, 0) is 36.4 Å². The zero-order valence-electron chi connectivity index (χ0n) is 16.2. The molecule has 0 aliphatic carbocycles. The fourth-order valence-electron chi connectivity index (χ4n) is 2.96. The van der Waals surface area contributed by atoms with E-state index in [1.165, 1.54) is 34.6 Å². The number of nitrogens with two attached hydrogens (primary N) is 1. The summed E-state index contributed by atoms with van der Waals surface area (Å²) in [7, 11) is -3.83. The summed E-state index contributed by atoms with van der Waals surface area (Å²) in [5.74, 6) is -1.16. The molecule has 4 N–H and O–H groups in total. The monoisotopic (exact) mass is 486 g/mol. The van der Waals surface area contributed by atoms with Crippen molar-refractivity contribution >= 4 is 56.4 Å². The van der Waals surface area contributed by atoms with Crippen molar-refractivity contribution in [2.24, 2.45) is 5.73 Å². The number of hydrogen-bond donors (Lipinski definition) is 3. The molecule has 12 heteroatoms. The Balaban J connectivity index is 1.71. The molecule has 2 amide bonds. The quantitative estimate of drug-likeness (QED) is 0.549. The number of ether oxygens (including phenoxy) is 1. The summed E-state index contributed by atoms with van der Waals surface area (Å²) in [5.41, 5.74) is 6.08. The fraction of sp³-hybridized carbons (Fsp3) is 0.263.